The smallest absolute Gasteiger partial charge is 0.331 e. The zero-order valence-electron chi connectivity index (χ0n) is 15.6. The molecule has 0 heterocycles. The fraction of sp³-hybridized carbons (Fsp3) is 0.238. The van der Waals surface area contributed by atoms with Crippen LogP contribution >= 0.6 is 0 Å². The molecule has 0 aliphatic heterocycles. The van der Waals surface area contributed by atoms with Gasteiger partial charge in [-0.25, -0.2) is 4.79 Å². The van der Waals surface area contributed by atoms with Crippen molar-refractivity contribution in [2.75, 3.05) is 19.0 Å². The average Bonchev–Trinajstić information content (AvgIpc) is 2.66. The number of ether oxygens (including phenoxy) is 2. The Balaban J connectivity index is 1.83. The van der Waals surface area contributed by atoms with E-state index in [1.807, 2.05) is 24.3 Å². The van der Waals surface area contributed by atoms with Crippen LogP contribution in [0.1, 0.15) is 30.9 Å². The van der Waals surface area contributed by atoms with Crippen molar-refractivity contribution in [2.24, 2.45) is 0 Å². The zero-order chi connectivity index (χ0) is 19.8. The van der Waals surface area contributed by atoms with Crippen molar-refractivity contribution in [3.8, 4) is 11.5 Å². The third-order valence-electron chi connectivity index (χ3n) is 3.82. The number of carbonyl (C=O) groups excluding carboxylic acids is 2. The van der Waals surface area contributed by atoms with Crippen molar-refractivity contribution in [3.05, 3.63) is 59.7 Å². The van der Waals surface area contributed by atoms with E-state index in [2.05, 4.69) is 19.2 Å². The second kappa shape index (κ2) is 9.43. The van der Waals surface area contributed by atoms with E-state index in [1.165, 1.54) is 30.9 Å². The number of nitrogens with one attached hydrogen (secondary N) is 1. The van der Waals surface area contributed by atoms with E-state index in [4.69, 9.17) is 9.47 Å². The van der Waals surface area contributed by atoms with Crippen LogP contribution in [0.3, 0.4) is 0 Å². The molecular formula is C21H23NO5. The summed E-state index contributed by atoms with van der Waals surface area (Å²) in [4.78, 5) is 23.6. The van der Waals surface area contributed by atoms with Gasteiger partial charge in [-0.1, -0.05) is 32.0 Å². The minimum atomic E-state index is -0.646. The van der Waals surface area contributed by atoms with E-state index in [9.17, 15) is 14.7 Å². The standard InChI is InChI=1S/C21H23NO5/c1-14(2)16-6-8-17(9-7-16)22-20(24)13-27-21(25)11-5-15-4-10-18(23)19(12-15)26-3/h4-12,14,23H,13H2,1-3H3,(H,22,24). The number of rotatable bonds is 7. The molecule has 0 aliphatic rings. The molecule has 0 aromatic heterocycles. The second-order valence-electron chi connectivity index (χ2n) is 6.20. The highest BCUT2D eigenvalue weighted by Gasteiger charge is 2.07. The number of phenols is 1. The predicted molar refractivity (Wildman–Crippen MR) is 104 cm³/mol. The van der Waals surface area contributed by atoms with Crippen LogP contribution in [0.25, 0.3) is 6.08 Å². The van der Waals surface area contributed by atoms with Gasteiger partial charge in [0.1, 0.15) is 0 Å². The number of benzene rings is 2. The van der Waals surface area contributed by atoms with Gasteiger partial charge in [-0.05, 0) is 47.4 Å². The van der Waals surface area contributed by atoms with E-state index >= 15 is 0 Å². The lowest BCUT2D eigenvalue weighted by atomic mass is 10.0. The Bertz CT molecular complexity index is 825. The summed E-state index contributed by atoms with van der Waals surface area (Å²) >= 11 is 0. The quantitative estimate of drug-likeness (QED) is 0.574. The van der Waals surface area contributed by atoms with Crippen molar-refractivity contribution in [1.82, 2.24) is 0 Å². The number of amides is 1. The topological polar surface area (TPSA) is 84.9 Å². The summed E-state index contributed by atoms with van der Waals surface area (Å²) < 4.78 is 9.92. The van der Waals surface area contributed by atoms with E-state index in [-0.39, 0.29) is 12.4 Å². The Morgan fingerprint density at radius 1 is 1.15 bits per heavy atom. The fourth-order valence-corrected chi connectivity index (χ4v) is 2.30. The van der Waals surface area contributed by atoms with Gasteiger partial charge in [-0.2, -0.15) is 0 Å². The summed E-state index contributed by atoms with van der Waals surface area (Å²) in [5.74, 6) is -0.340. The SMILES string of the molecule is COc1cc(C=CC(=O)OCC(=O)Nc2ccc(C(C)C)cc2)ccc1O. The Morgan fingerprint density at radius 3 is 2.48 bits per heavy atom. The summed E-state index contributed by atoms with van der Waals surface area (Å²) in [6.07, 6.45) is 2.71. The lowest BCUT2D eigenvalue weighted by molar-refractivity contribution is -0.142. The van der Waals surface area contributed by atoms with Crippen LogP contribution in [0, 0.1) is 0 Å². The Hall–Kier alpha value is -3.28. The summed E-state index contributed by atoms with van der Waals surface area (Å²) in [6.45, 7) is 3.80. The van der Waals surface area contributed by atoms with E-state index in [0.717, 1.165) is 0 Å². The largest absolute Gasteiger partial charge is 0.504 e. The van der Waals surface area contributed by atoms with E-state index < -0.39 is 11.9 Å². The molecule has 6 nitrogen and oxygen atoms in total. The minimum Gasteiger partial charge on any atom is -0.504 e. The van der Waals surface area contributed by atoms with Gasteiger partial charge in [-0.15, -0.1) is 0 Å². The van der Waals surface area contributed by atoms with Crippen LogP contribution in [0.5, 0.6) is 11.5 Å². The molecule has 0 saturated heterocycles. The molecule has 2 aromatic rings. The zero-order valence-corrected chi connectivity index (χ0v) is 15.6. The van der Waals surface area contributed by atoms with E-state index in [1.54, 1.807) is 12.1 Å². The Morgan fingerprint density at radius 2 is 1.85 bits per heavy atom. The van der Waals surface area contributed by atoms with Crippen LogP contribution in [-0.2, 0) is 14.3 Å². The van der Waals surface area contributed by atoms with Crippen LogP contribution in [0.15, 0.2) is 48.5 Å². The fourth-order valence-electron chi connectivity index (χ4n) is 2.30. The summed E-state index contributed by atoms with van der Waals surface area (Å²) in [5.41, 5.74) is 2.47. The number of hydrogen-bond donors (Lipinski definition) is 2. The first kappa shape index (κ1) is 20.0. The molecular weight excluding hydrogens is 346 g/mol. The second-order valence-corrected chi connectivity index (χ2v) is 6.20. The molecule has 27 heavy (non-hydrogen) atoms. The molecule has 0 unspecified atom stereocenters. The monoisotopic (exact) mass is 369 g/mol. The molecule has 6 heteroatoms. The summed E-state index contributed by atoms with van der Waals surface area (Å²) in [7, 11) is 1.44. The maximum atomic E-state index is 11.9. The highest BCUT2D eigenvalue weighted by atomic mass is 16.5. The molecule has 2 N–H and O–H groups in total. The van der Waals surface area contributed by atoms with Crippen molar-refractivity contribution < 1.29 is 24.2 Å². The normalized spacial score (nSPS) is 10.8. The average molecular weight is 369 g/mol. The van der Waals surface area contributed by atoms with Gasteiger partial charge in [-0.3, -0.25) is 4.79 Å². The summed E-state index contributed by atoms with van der Waals surface area (Å²) in [5, 5.41) is 12.2. The van der Waals surface area contributed by atoms with Gasteiger partial charge < -0.3 is 19.9 Å². The predicted octanol–water partition coefficient (Wildman–Crippen LogP) is 3.72. The van der Waals surface area contributed by atoms with Gasteiger partial charge in [0.15, 0.2) is 18.1 Å². The highest BCUT2D eigenvalue weighted by Crippen LogP contribution is 2.26. The number of methoxy groups -OCH3 is 1. The number of carbonyl (C=O) groups is 2. The Labute approximate surface area is 158 Å². The molecule has 0 aliphatic carbocycles. The third-order valence-corrected chi connectivity index (χ3v) is 3.82. The van der Waals surface area contributed by atoms with Gasteiger partial charge in [0, 0.05) is 11.8 Å². The maximum absolute atomic E-state index is 11.9. The first-order valence-corrected chi connectivity index (χ1v) is 8.50. The summed E-state index contributed by atoms with van der Waals surface area (Å²) in [6, 6.07) is 12.2. The minimum absolute atomic E-state index is 0.00956. The van der Waals surface area contributed by atoms with Crippen molar-refractivity contribution in [1.29, 1.82) is 0 Å². The lowest BCUT2D eigenvalue weighted by Gasteiger charge is -2.08. The molecule has 142 valence electrons. The molecule has 2 aromatic carbocycles. The molecule has 1 amide bonds. The molecule has 0 bridgehead atoms. The molecule has 2 rings (SSSR count). The first-order valence-electron chi connectivity index (χ1n) is 8.50. The first-order chi connectivity index (χ1) is 12.9. The third kappa shape index (κ3) is 6.18. The Kier molecular flexibility index (Phi) is 7.00. The number of aromatic hydroxyl groups is 1. The van der Waals surface area contributed by atoms with Crippen LogP contribution < -0.4 is 10.1 Å². The van der Waals surface area contributed by atoms with Gasteiger partial charge in [0.2, 0.25) is 0 Å². The van der Waals surface area contributed by atoms with E-state index in [0.29, 0.717) is 22.9 Å². The number of phenolic OH excluding ortho intramolecular Hbond substituents is 1. The van der Waals surface area contributed by atoms with Gasteiger partial charge in [0.05, 0.1) is 7.11 Å². The molecule has 0 radical (unpaired) electrons. The van der Waals surface area contributed by atoms with Crippen LogP contribution in [0.4, 0.5) is 5.69 Å². The van der Waals surface area contributed by atoms with Crippen LogP contribution in [0.2, 0.25) is 0 Å². The van der Waals surface area contributed by atoms with Gasteiger partial charge >= 0.3 is 5.97 Å². The van der Waals surface area contributed by atoms with Crippen molar-refractivity contribution >= 4 is 23.6 Å². The van der Waals surface area contributed by atoms with Gasteiger partial charge in [0.25, 0.3) is 5.91 Å². The number of hydrogen-bond acceptors (Lipinski definition) is 5. The molecule has 0 spiro atoms. The van der Waals surface area contributed by atoms with Crippen molar-refractivity contribution in [3.63, 3.8) is 0 Å². The van der Waals surface area contributed by atoms with Crippen LogP contribution in [-0.4, -0.2) is 30.7 Å². The van der Waals surface area contributed by atoms with Crippen molar-refractivity contribution in [2.45, 2.75) is 19.8 Å². The molecule has 0 saturated carbocycles. The maximum Gasteiger partial charge on any atom is 0.331 e. The number of esters is 1. The molecule has 0 atom stereocenters. The highest BCUT2D eigenvalue weighted by molar-refractivity contribution is 5.94. The lowest BCUT2D eigenvalue weighted by Crippen LogP contribution is -2.20. The number of anilines is 1. The molecule has 0 fully saturated rings.